The second kappa shape index (κ2) is 6.67. The molecule has 0 aliphatic carbocycles. The maximum absolute atomic E-state index is 9.41. The van der Waals surface area contributed by atoms with Gasteiger partial charge in [0.1, 0.15) is 0 Å². The van der Waals surface area contributed by atoms with Gasteiger partial charge in [-0.1, -0.05) is 38.5 Å². The van der Waals surface area contributed by atoms with E-state index in [0.717, 1.165) is 24.3 Å². The van der Waals surface area contributed by atoms with Gasteiger partial charge in [-0.25, -0.2) is 4.98 Å². The summed E-state index contributed by atoms with van der Waals surface area (Å²) in [5.41, 5.74) is 0.951. The van der Waals surface area contributed by atoms with Gasteiger partial charge in [0.15, 0.2) is 5.16 Å². The van der Waals surface area contributed by atoms with E-state index in [1.807, 2.05) is 0 Å². The Labute approximate surface area is 95.3 Å². The molecule has 0 saturated carbocycles. The first-order valence-corrected chi connectivity index (χ1v) is 6.44. The second-order valence-corrected chi connectivity index (χ2v) is 4.62. The van der Waals surface area contributed by atoms with Gasteiger partial charge in [0.25, 0.3) is 0 Å². The third-order valence-corrected chi connectivity index (χ3v) is 2.78. The van der Waals surface area contributed by atoms with Crippen molar-refractivity contribution >= 4 is 11.8 Å². The van der Waals surface area contributed by atoms with Gasteiger partial charge in [0, 0.05) is 11.8 Å². The van der Waals surface area contributed by atoms with E-state index in [2.05, 4.69) is 23.8 Å². The van der Waals surface area contributed by atoms with Crippen molar-refractivity contribution in [3.05, 3.63) is 11.8 Å². The number of hydrogen-bond donors (Lipinski definition) is 1. The van der Waals surface area contributed by atoms with E-state index in [-0.39, 0.29) is 5.88 Å². The number of aryl methyl sites for hydroxylation is 1. The van der Waals surface area contributed by atoms with Gasteiger partial charge in [-0.15, -0.1) is 0 Å². The summed E-state index contributed by atoms with van der Waals surface area (Å²) < 4.78 is 0. The quantitative estimate of drug-likeness (QED) is 0.460. The van der Waals surface area contributed by atoms with E-state index in [9.17, 15) is 5.11 Å². The lowest BCUT2D eigenvalue weighted by Crippen LogP contribution is -1.95. The summed E-state index contributed by atoms with van der Waals surface area (Å²) in [6, 6.07) is 1.66. The second-order valence-electron chi connectivity index (χ2n) is 3.39. The van der Waals surface area contributed by atoms with Gasteiger partial charge in [0.05, 0.1) is 0 Å². The highest BCUT2D eigenvalue weighted by atomic mass is 32.2. The molecule has 1 heterocycles. The number of thioether (sulfide) groups is 1. The Balaban J connectivity index is 2.62. The smallest absolute Gasteiger partial charge is 0.215 e. The molecule has 0 saturated heterocycles. The van der Waals surface area contributed by atoms with Crippen molar-refractivity contribution in [2.45, 2.75) is 44.7 Å². The fourth-order valence-corrected chi connectivity index (χ4v) is 1.94. The zero-order chi connectivity index (χ0) is 11.1. The molecular weight excluding hydrogens is 208 g/mol. The van der Waals surface area contributed by atoms with Gasteiger partial charge < -0.3 is 5.11 Å². The maximum atomic E-state index is 9.41. The first-order chi connectivity index (χ1) is 7.26. The van der Waals surface area contributed by atoms with Crippen LogP contribution >= 0.6 is 11.8 Å². The topological polar surface area (TPSA) is 46.0 Å². The van der Waals surface area contributed by atoms with Gasteiger partial charge in [-0.2, -0.15) is 4.98 Å². The molecular formula is C11H18N2OS. The molecule has 0 aromatic carbocycles. The molecule has 0 atom stereocenters. The van der Waals surface area contributed by atoms with Crippen molar-refractivity contribution in [1.29, 1.82) is 0 Å². The van der Waals surface area contributed by atoms with Gasteiger partial charge in [-0.05, 0) is 18.6 Å². The molecule has 1 aromatic rings. The molecule has 1 rings (SSSR count). The molecule has 0 aliphatic rings. The van der Waals surface area contributed by atoms with Crippen LogP contribution in [-0.2, 0) is 6.42 Å². The molecule has 0 spiro atoms. The molecule has 0 bridgehead atoms. The Morgan fingerprint density at radius 2 is 2.07 bits per heavy atom. The highest BCUT2D eigenvalue weighted by Gasteiger charge is 2.03. The summed E-state index contributed by atoms with van der Waals surface area (Å²) >= 11 is 1.56. The molecule has 4 heteroatoms. The summed E-state index contributed by atoms with van der Waals surface area (Å²) in [6.07, 6.45) is 4.47. The summed E-state index contributed by atoms with van der Waals surface area (Å²) in [5, 5.41) is 10.1. The van der Waals surface area contributed by atoms with Crippen LogP contribution in [0.2, 0.25) is 0 Å². The molecule has 1 aromatic heterocycles. The van der Waals surface area contributed by atoms with Crippen LogP contribution < -0.4 is 0 Å². The predicted molar refractivity (Wildman–Crippen MR) is 63.3 cm³/mol. The van der Waals surface area contributed by atoms with E-state index in [1.165, 1.54) is 12.8 Å². The lowest BCUT2D eigenvalue weighted by atomic mass is 10.1. The van der Waals surface area contributed by atoms with E-state index in [4.69, 9.17) is 0 Å². The molecule has 0 fully saturated rings. The average Bonchev–Trinajstić information content (AvgIpc) is 2.18. The summed E-state index contributed by atoms with van der Waals surface area (Å²) in [7, 11) is 0. The molecule has 0 amide bonds. The highest BCUT2D eigenvalue weighted by Crippen LogP contribution is 2.17. The molecule has 0 aliphatic heterocycles. The van der Waals surface area contributed by atoms with Gasteiger partial charge in [0.2, 0.25) is 5.88 Å². The SMILES string of the molecule is CCCCCc1cc(O)nc(SCC)n1. The van der Waals surface area contributed by atoms with E-state index < -0.39 is 0 Å². The number of aromatic hydroxyl groups is 1. The normalized spacial score (nSPS) is 10.5. The van der Waals surface area contributed by atoms with Gasteiger partial charge in [-0.3, -0.25) is 0 Å². The Kier molecular flexibility index (Phi) is 5.47. The Morgan fingerprint density at radius 3 is 2.73 bits per heavy atom. The van der Waals surface area contributed by atoms with E-state index >= 15 is 0 Å². The molecule has 0 unspecified atom stereocenters. The number of aromatic nitrogens is 2. The van der Waals surface area contributed by atoms with Crippen LogP contribution in [0.4, 0.5) is 0 Å². The maximum Gasteiger partial charge on any atom is 0.215 e. The minimum absolute atomic E-state index is 0.0902. The van der Waals surface area contributed by atoms with E-state index in [1.54, 1.807) is 17.8 Å². The van der Waals surface area contributed by atoms with Crippen LogP contribution in [0.1, 0.15) is 38.8 Å². The predicted octanol–water partition coefficient (Wildman–Crippen LogP) is 3.03. The fourth-order valence-electron chi connectivity index (χ4n) is 1.34. The van der Waals surface area contributed by atoms with Crippen molar-refractivity contribution in [2.75, 3.05) is 5.75 Å². The first-order valence-electron chi connectivity index (χ1n) is 5.46. The molecule has 84 valence electrons. The Hall–Kier alpha value is -0.770. The van der Waals surface area contributed by atoms with Crippen LogP contribution in [0.5, 0.6) is 5.88 Å². The third-order valence-electron chi connectivity index (χ3n) is 2.06. The monoisotopic (exact) mass is 226 g/mol. The standard InChI is InChI=1S/C11H18N2OS/c1-3-5-6-7-9-8-10(14)13-11(12-9)15-4-2/h8H,3-7H2,1-2H3,(H,12,13,14). The van der Waals surface area contributed by atoms with Crippen LogP contribution in [0.3, 0.4) is 0 Å². The van der Waals surface area contributed by atoms with Crippen LogP contribution in [0, 0.1) is 0 Å². The van der Waals surface area contributed by atoms with Crippen molar-refractivity contribution in [1.82, 2.24) is 9.97 Å². The molecule has 1 N–H and O–H groups in total. The number of nitrogens with zero attached hydrogens (tertiary/aromatic N) is 2. The fraction of sp³-hybridized carbons (Fsp3) is 0.636. The van der Waals surface area contributed by atoms with Crippen molar-refractivity contribution in [3.63, 3.8) is 0 Å². The summed E-state index contributed by atoms with van der Waals surface area (Å²) in [5.74, 6) is 1.02. The van der Waals surface area contributed by atoms with Crippen LogP contribution in [0.25, 0.3) is 0 Å². The van der Waals surface area contributed by atoms with Gasteiger partial charge >= 0.3 is 0 Å². The third kappa shape index (κ3) is 4.51. The van der Waals surface area contributed by atoms with Crippen LogP contribution in [0.15, 0.2) is 11.2 Å². The number of hydrogen-bond acceptors (Lipinski definition) is 4. The number of unbranched alkanes of at least 4 members (excludes halogenated alkanes) is 2. The Bertz CT molecular complexity index is 305. The highest BCUT2D eigenvalue weighted by molar-refractivity contribution is 7.99. The zero-order valence-electron chi connectivity index (χ0n) is 9.36. The Morgan fingerprint density at radius 1 is 1.27 bits per heavy atom. The molecule has 0 radical (unpaired) electrons. The van der Waals surface area contributed by atoms with E-state index in [0.29, 0.717) is 5.16 Å². The summed E-state index contributed by atoms with van der Waals surface area (Å²) in [4.78, 5) is 8.35. The largest absolute Gasteiger partial charge is 0.493 e. The molecule has 15 heavy (non-hydrogen) atoms. The average molecular weight is 226 g/mol. The lowest BCUT2D eigenvalue weighted by Gasteiger charge is -2.03. The van der Waals surface area contributed by atoms with Crippen molar-refractivity contribution in [3.8, 4) is 5.88 Å². The zero-order valence-corrected chi connectivity index (χ0v) is 10.2. The minimum Gasteiger partial charge on any atom is -0.493 e. The number of rotatable bonds is 6. The molecule has 3 nitrogen and oxygen atoms in total. The lowest BCUT2D eigenvalue weighted by molar-refractivity contribution is 0.443. The van der Waals surface area contributed by atoms with Crippen LogP contribution in [-0.4, -0.2) is 20.8 Å². The van der Waals surface area contributed by atoms with Crippen molar-refractivity contribution in [2.24, 2.45) is 0 Å². The summed E-state index contributed by atoms with van der Waals surface area (Å²) in [6.45, 7) is 4.23. The first kappa shape index (κ1) is 12.3. The van der Waals surface area contributed by atoms with Crippen molar-refractivity contribution < 1.29 is 5.11 Å². The minimum atomic E-state index is 0.0902.